The highest BCUT2D eigenvalue weighted by molar-refractivity contribution is 7.80. The Labute approximate surface area is 160 Å². The van der Waals surface area contributed by atoms with E-state index >= 15 is 0 Å². The fourth-order valence-corrected chi connectivity index (χ4v) is 3.31. The Bertz CT molecular complexity index is 787. The molecule has 0 amide bonds. The van der Waals surface area contributed by atoms with E-state index in [0.29, 0.717) is 11.7 Å². The Morgan fingerprint density at radius 1 is 1.27 bits per heavy atom. The summed E-state index contributed by atoms with van der Waals surface area (Å²) >= 11 is 5.52. The van der Waals surface area contributed by atoms with Crippen LogP contribution in [0.3, 0.4) is 0 Å². The van der Waals surface area contributed by atoms with Gasteiger partial charge in [-0.3, -0.25) is 0 Å². The van der Waals surface area contributed by atoms with Crippen molar-refractivity contribution >= 4 is 23.0 Å². The normalized spacial score (nSPS) is 17.4. The van der Waals surface area contributed by atoms with E-state index in [-0.39, 0.29) is 11.6 Å². The maximum Gasteiger partial charge on any atom is 0.171 e. The molecule has 0 radical (unpaired) electrons. The van der Waals surface area contributed by atoms with Crippen molar-refractivity contribution in [1.29, 1.82) is 0 Å². The quantitative estimate of drug-likeness (QED) is 0.584. The molecular weight excluding hydrogens is 344 g/mol. The van der Waals surface area contributed by atoms with Crippen LogP contribution in [-0.2, 0) is 0 Å². The Morgan fingerprint density at radius 3 is 2.73 bits per heavy atom. The average molecular weight is 369 g/mol. The van der Waals surface area contributed by atoms with Crippen LogP contribution in [0.25, 0.3) is 0 Å². The van der Waals surface area contributed by atoms with Gasteiger partial charge >= 0.3 is 0 Å². The van der Waals surface area contributed by atoms with E-state index in [9.17, 15) is 0 Å². The summed E-state index contributed by atoms with van der Waals surface area (Å²) in [5, 5.41) is 7.24. The van der Waals surface area contributed by atoms with Crippen LogP contribution in [0.15, 0.2) is 61.2 Å². The minimum Gasteiger partial charge on any atom is -0.490 e. The van der Waals surface area contributed by atoms with Crippen molar-refractivity contribution in [3.63, 3.8) is 0 Å². The van der Waals surface area contributed by atoms with E-state index in [0.717, 1.165) is 29.2 Å². The van der Waals surface area contributed by atoms with Gasteiger partial charge < -0.3 is 20.1 Å². The smallest absolute Gasteiger partial charge is 0.171 e. The lowest BCUT2D eigenvalue weighted by molar-refractivity contribution is 0.0697. The summed E-state index contributed by atoms with van der Waals surface area (Å²) in [5.41, 5.74) is 1.79. The van der Waals surface area contributed by atoms with Crippen molar-refractivity contribution in [3.8, 4) is 11.5 Å². The number of nitrogens with one attached hydrogen (secondary N) is 2. The molecule has 0 bridgehead atoms. The molecule has 2 aromatic rings. The number of fused-ring (bicyclic) bond motifs is 1. The standard InChI is InChI=1S/C21H24N2O2S/c1-4-13-24-16-11-9-15(10-12-16)22-20(26)23-18-14-21(2,3)25-19-8-6-5-7-17(18)19/h4-12,18H,1,13-14H2,2-3H3,(H2,22,23,26). The molecule has 0 aromatic heterocycles. The molecule has 0 fully saturated rings. The van der Waals surface area contributed by atoms with E-state index in [1.165, 1.54) is 0 Å². The van der Waals surface area contributed by atoms with E-state index in [4.69, 9.17) is 21.7 Å². The summed E-state index contributed by atoms with van der Waals surface area (Å²) in [6.07, 6.45) is 2.55. The summed E-state index contributed by atoms with van der Waals surface area (Å²) in [7, 11) is 0. The number of ether oxygens (including phenoxy) is 2. The molecule has 0 saturated heterocycles. The molecule has 1 atom stereocenters. The van der Waals surface area contributed by atoms with Gasteiger partial charge in [0.15, 0.2) is 5.11 Å². The molecule has 1 unspecified atom stereocenters. The van der Waals surface area contributed by atoms with Gasteiger partial charge in [-0.2, -0.15) is 0 Å². The van der Waals surface area contributed by atoms with Gasteiger partial charge in [0, 0.05) is 17.7 Å². The third kappa shape index (κ3) is 4.55. The van der Waals surface area contributed by atoms with Crippen molar-refractivity contribution in [2.75, 3.05) is 11.9 Å². The maximum atomic E-state index is 6.07. The Balaban J connectivity index is 1.65. The number of anilines is 1. The van der Waals surface area contributed by atoms with Crippen LogP contribution in [0.2, 0.25) is 0 Å². The lowest BCUT2D eigenvalue weighted by atomic mass is 9.90. The van der Waals surface area contributed by atoms with Crippen molar-refractivity contribution in [3.05, 3.63) is 66.7 Å². The predicted octanol–water partition coefficient (Wildman–Crippen LogP) is 4.84. The molecule has 5 heteroatoms. The molecule has 1 aliphatic rings. The second kappa shape index (κ2) is 7.79. The highest BCUT2D eigenvalue weighted by atomic mass is 32.1. The van der Waals surface area contributed by atoms with Crippen LogP contribution in [-0.4, -0.2) is 17.3 Å². The van der Waals surface area contributed by atoms with Gasteiger partial charge in [-0.05, 0) is 56.4 Å². The number of hydrogen-bond acceptors (Lipinski definition) is 3. The highest BCUT2D eigenvalue weighted by Gasteiger charge is 2.33. The van der Waals surface area contributed by atoms with Gasteiger partial charge in [0.05, 0.1) is 6.04 Å². The van der Waals surface area contributed by atoms with E-state index in [1.807, 2.05) is 42.5 Å². The first-order valence-electron chi connectivity index (χ1n) is 8.66. The van der Waals surface area contributed by atoms with Crippen LogP contribution >= 0.6 is 12.2 Å². The Kier molecular flexibility index (Phi) is 5.47. The van der Waals surface area contributed by atoms with Gasteiger partial charge in [-0.25, -0.2) is 0 Å². The van der Waals surface area contributed by atoms with E-state index in [1.54, 1.807) is 6.08 Å². The molecule has 1 heterocycles. The topological polar surface area (TPSA) is 42.5 Å². The summed E-state index contributed by atoms with van der Waals surface area (Å²) < 4.78 is 11.6. The minimum absolute atomic E-state index is 0.102. The fourth-order valence-electron chi connectivity index (χ4n) is 3.05. The zero-order chi connectivity index (χ0) is 18.6. The van der Waals surface area contributed by atoms with Gasteiger partial charge in [-0.1, -0.05) is 30.9 Å². The summed E-state index contributed by atoms with van der Waals surface area (Å²) in [6, 6.07) is 15.9. The molecular formula is C21H24N2O2S. The lowest BCUT2D eigenvalue weighted by Crippen LogP contribution is -2.42. The summed E-state index contributed by atoms with van der Waals surface area (Å²) in [5.74, 6) is 1.71. The minimum atomic E-state index is -0.244. The Hall–Kier alpha value is -2.53. The third-order valence-corrected chi connectivity index (χ3v) is 4.38. The predicted molar refractivity (Wildman–Crippen MR) is 110 cm³/mol. The van der Waals surface area contributed by atoms with Gasteiger partial charge in [0.25, 0.3) is 0 Å². The van der Waals surface area contributed by atoms with Gasteiger partial charge in [0.2, 0.25) is 0 Å². The first kappa shape index (κ1) is 18.3. The SMILES string of the molecule is C=CCOc1ccc(NC(=S)NC2CC(C)(C)Oc3ccccc32)cc1. The molecule has 3 rings (SSSR count). The number of rotatable bonds is 5. The Morgan fingerprint density at radius 2 is 2.00 bits per heavy atom. The second-order valence-electron chi connectivity index (χ2n) is 6.88. The summed E-state index contributed by atoms with van der Waals surface area (Å²) in [6.45, 7) is 8.32. The zero-order valence-electron chi connectivity index (χ0n) is 15.1. The largest absolute Gasteiger partial charge is 0.490 e. The molecule has 0 aliphatic carbocycles. The van der Waals surface area contributed by atoms with E-state index in [2.05, 4.69) is 37.1 Å². The van der Waals surface area contributed by atoms with Crippen LogP contribution in [0.1, 0.15) is 31.9 Å². The van der Waals surface area contributed by atoms with Crippen LogP contribution in [0, 0.1) is 0 Å². The maximum absolute atomic E-state index is 6.07. The number of benzene rings is 2. The monoisotopic (exact) mass is 368 g/mol. The molecule has 0 saturated carbocycles. The highest BCUT2D eigenvalue weighted by Crippen LogP contribution is 2.39. The van der Waals surface area contributed by atoms with Crippen LogP contribution in [0.5, 0.6) is 11.5 Å². The summed E-state index contributed by atoms with van der Waals surface area (Å²) in [4.78, 5) is 0. The fraction of sp³-hybridized carbons (Fsp3) is 0.286. The lowest BCUT2D eigenvalue weighted by Gasteiger charge is -2.38. The molecule has 0 spiro atoms. The van der Waals surface area contributed by atoms with E-state index < -0.39 is 0 Å². The first-order valence-corrected chi connectivity index (χ1v) is 9.07. The number of para-hydroxylation sites is 1. The van der Waals surface area contributed by atoms with Crippen molar-refractivity contribution < 1.29 is 9.47 Å². The van der Waals surface area contributed by atoms with Gasteiger partial charge in [0.1, 0.15) is 23.7 Å². The van der Waals surface area contributed by atoms with Gasteiger partial charge in [-0.15, -0.1) is 0 Å². The zero-order valence-corrected chi connectivity index (χ0v) is 15.9. The first-order chi connectivity index (χ1) is 12.5. The van der Waals surface area contributed by atoms with Crippen LogP contribution in [0.4, 0.5) is 5.69 Å². The average Bonchev–Trinajstić information content (AvgIpc) is 2.60. The number of thiocarbonyl (C=S) groups is 1. The van der Waals surface area contributed by atoms with Crippen molar-refractivity contribution in [1.82, 2.24) is 5.32 Å². The molecule has 4 nitrogen and oxygen atoms in total. The van der Waals surface area contributed by atoms with Crippen molar-refractivity contribution in [2.24, 2.45) is 0 Å². The molecule has 26 heavy (non-hydrogen) atoms. The third-order valence-electron chi connectivity index (χ3n) is 4.16. The number of hydrogen-bond donors (Lipinski definition) is 2. The second-order valence-corrected chi connectivity index (χ2v) is 7.29. The van der Waals surface area contributed by atoms with Crippen molar-refractivity contribution in [2.45, 2.75) is 31.9 Å². The molecule has 2 aromatic carbocycles. The molecule has 2 N–H and O–H groups in total. The van der Waals surface area contributed by atoms with Crippen LogP contribution < -0.4 is 20.1 Å². The molecule has 1 aliphatic heterocycles. The molecule has 136 valence electrons.